The van der Waals surface area contributed by atoms with E-state index in [-0.39, 0.29) is 41.5 Å². The summed E-state index contributed by atoms with van der Waals surface area (Å²) in [4.78, 5) is 28.4. The number of amides is 2. The van der Waals surface area contributed by atoms with E-state index in [1.807, 2.05) is 73.6 Å². The van der Waals surface area contributed by atoms with Gasteiger partial charge >= 0.3 is 6.09 Å². The highest BCUT2D eigenvalue weighted by Crippen LogP contribution is 2.42. The molecule has 1 aromatic rings. The molecular formula is C29H46N2O4. The molecule has 1 N–H and O–H groups in total. The maximum atomic E-state index is 13.4. The maximum absolute atomic E-state index is 13.4. The molecule has 0 unspecified atom stereocenters. The van der Waals surface area contributed by atoms with Gasteiger partial charge in [0.15, 0.2) is 0 Å². The Kier molecular flexibility index (Phi) is 8.25. The molecule has 2 fully saturated rings. The van der Waals surface area contributed by atoms with E-state index in [4.69, 9.17) is 9.47 Å². The Morgan fingerprint density at radius 1 is 1.06 bits per heavy atom. The summed E-state index contributed by atoms with van der Waals surface area (Å²) >= 11 is 0. The number of ether oxygens (including phenoxy) is 2. The zero-order valence-corrected chi connectivity index (χ0v) is 23.0. The van der Waals surface area contributed by atoms with Crippen LogP contribution in [-0.2, 0) is 20.7 Å². The molecule has 0 spiro atoms. The van der Waals surface area contributed by atoms with Gasteiger partial charge in [-0.15, -0.1) is 0 Å². The molecule has 1 aliphatic carbocycles. The number of benzene rings is 1. The summed E-state index contributed by atoms with van der Waals surface area (Å²) < 4.78 is 12.4. The van der Waals surface area contributed by atoms with Crippen LogP contribution in [0.4, 0.5) is 4.79 Å². The van der Waals surface area contributed by atoms with Crippen LogP contribution in [0.25, 0.3) is 0 Å². The van der Waals surface area contributed by atoms with Gasteiger partial charge in [0.2, 0.25) is 5.91 Å². The molecule has 2 aliphatic rings. The Bertz CT molecular complexity index is 869. The van der Waals surface area contributed by atoms with Crippen molar-refractivity contribution in [3.05, 3.63) is 35.9 Å². The summed E-state index contributed by atoms with van der Waals surface area (Å²) in [6.07, 6.45) is 5.02. The van der Waals surface area contributed by atoms with Crippen LogP contribution in [-0.4, -0.2) is 45.9 Å². The highest BCUT2D eigenvalue weighted by molar-refractivity contribution is 5.79. The Balaban J connectivity index is 1.87. The molecule has 1 aliphatic heterocycles. The fraction of sp³-hybridized carbons (Fsp3) is 0.724. The Labute approximate surface area is 212 Å². The number of nitrogens with one attached hydrogen (secondary N) is 1. The Hall–Kier alpha value is -2.08. The number of carbonyl (C=O) groups is 2. The van der Waals surface area contributed by atoms with Crippen molar-refractivity contribution in [3.8, 4) is 0 Å². The van der Waals surface area contributed by atoms with Crippen molar-refractivity contribution in [3.63, 3.8) is 0 Å². The lowest BCUT2D eigenvalue weighted by molar-refractivity contribution is -0.130. The van der Waals surface area contributed by atoms with Crippen molar-refractivity contribution >= 4 is 12.0 Å². The molecule has 1 aromatic carbocycles. The zero-order valence-electron chi connectivity index (χ0n) is 23.0. The van der Waals surface area contributed by atoms with E-state index in [2.05, 4.69) is 17.4 Å². The van der Waals surface area contributed by atoms with Gasteiger partial charge in [-0.05, 0) is 92.6 Å². The molecule has 3 rings (SSSR count). The first-order valence-corrected chi connectivity index (χ1v) is 13.2. The summed E-state index contributed by atoms with van der Waals surface area (Å²) in [7, 11) is 0. The normalized spacial score (nSPS) is 26.9. The zero-order chi connectivity index (χ0) is 26.0. The lowest BCUT2D eigenvalue weighted by atomic mass is 9.74. The highest BCUT2D eigenvalue weighted by Gasteiger charge is 2.52. The Morgan fingerprint density at radius 3 is 2.29 bits per heavy atom. The fourth-order valence-electron chi connectivity index (χ4n) is 5.62. The van der Waals surface area contributed by atoms with Crippen LogP contribution in [0.5, 0.6) is 0 Å². The van der Waals surface area contributed by atoms with E-state index in [0.29, 0.717) is 6.42 Å². The predicted molar refractivity (Wildman–Crippen MR) is 139 cm³/mol. The molecular weight excluding hydrogens is 440 g/mol. The number of hydrogen-bond acceptors (Lipinski definition) is 4. The van der Waals surface area contributed by atoms with Gasteiger partial charge in [0, 0.05) is 11.5 Å². The van der Waals surface area contributed by atoms with Crippen molar-refractivity contribution in [2.75, 3.05) is 0 Å². The molecule has 6 nitrogen and oxygen atoms in total. The van der Waals surface area contributed by atoms with Gasteiger partial charge in [-0.2, -0.15) is 0 Å². The lowest BCUT2D eigenvalue weighted by Gasteiger charge is -2.36. The molecule has 0 bridgehead atoms. The molecule has 196 valence electrons. The summed E-state index contributed by atoms with van der Waals surface area (Å²) in [5.74, 6) is 0.342. The van der Waals surface area contributed by atoms with E-state index in [0.717, 1.165) is 37.7 Å². The van der Waals surface area contributed by atoms with Crippen LogP contribution in [0.15, 0.2) is 30.3 Å². The molecule has 4 atom stereocenters. The number of nitrogens with zero attached hydrogens (tertiary/aromatic N) is 1. The van der Waals surface area contributed by atoms with Gasteiger partial charge in [-0.3, -0.25) is 9.69 Å². The number of carbonyl (C=O) groups excluding carboxylic acids is 2. The fourth-order valence-corrected chi connectivity index (χ4v) is 5.62. The lowest BCUT2D eigenvalue weighted by Crippen LogP contribution is -2.51. The van der Waals surface area contributed by atoms with Crippen LogP contribution in [0.3, 0.4) is 0 Å². The first kappa shape index (κ1) is 27.5. The van der Waals surface area contributed by atoms with Crippen LogP contribution in [0.2, 0.25) is 0 Å². The summed E-state index contributed by atoms with van der Waals surface area (Å²) in [6, 6.07) is 10.1. The van der Waals surface area contributed by atoms with E-state index in [9.17, 15) is 9.59 Å². The second kappa shape index (κ2) is 10.5. The predicted octanol–water partition coefficient (Wildman–Crippen LogP) is 6.08. The second-order valence-corrected chi connectivity index (χ2v) is 12.8. The van der Waals surface area contributed by atoms with Crippen molar-refractivity contribution in [1.29, 1.82) is 0 Å². The molecule has 2 amide bonds. The van der Waals surface area contributed by atoms with E-state index < -0.39 is 11.3 Å². The number of hydrogen-bond donors (Lipinski definition) is 1. The topological polar surface area (TPSA) is 67.9 Å². The first-order chi connectivity index (χ1) is 16.2. The largest absolute Gasteiger partial charge is 0.444 e. The third kappa shape index (κ3) is 7.45. The van der Waals surface area contributed by atoms with Gasteiger partial charge in [0.1, 0.15) is 11.3 Å². The monoisotopic (exact) mass is 486 g/mol. The molecule has 1 heterocycles. The van der Waals surface area contributed by atoms with Crippen molar-refractivity contribution < 1.29 is 19.1 Å². The molecule has 6 heteroatoms. The van der Waals surface area contributed by atoms with Crippen LogP contribution >= 0.6 is 0 Å². The van der Waals surface area contributed by atoms with Crippen molar-refractivity contribution in [2.24, 2.45) is 11.8 Å². The number of rotatable bonds is 5. The average Bonchev–Trinajstić information content (AvgIpc) is 2.95. The van der Waals surface area contributed by atoms with Gasteiger partial charge in [-0.25, -0.2) is 4.79 Å². The average molecular weight is 487 g/mol. The van der Waals surface area contributed by atoms with Crippen molar-refractivity contribution in [1.82, 2.24) is 10.2 Å². The summed E-state index contributed by atoms with van der Waals surface area (Å²) in [5.41, 5.74) is -0.497. The van der Waals surface area contributed by atoms with E-state index in [1.165, 1.54) is 0 Å². The summed E-state index contributed by atoms with van der Waals surface area (Å²) in [5, 5.41) is 3.20. The van der Waals surface area contributed by atoms with Crippen molar-refractivity contribution in [2.45, 2.75) is 123 Å². The van der Waals surface area contributed by atoms with Gasteiger partial charge in [-0.1, -0.05) is 43.2 Å². The molecule has 1 saturated carbocycles. The molecule has 1 saturated heterocycles. The standard InChI is InChI=1S/C29H46N2O4/c1-27(2,3)30-25(32)22-17-13-12-16-21(22)19-24-23(18-20-14-10-9-11-15-20)31(29(7,8)34-24)26(33)35-28(4,5)6/h9-11,14-15,21-24H,12-13,16-19H2,1-8H3,(H,30,32)/t21-,22+,23-,24+/m0/s1. The minimum absolute atomic E-state index is 0.0253. The van der Waals surface area contributed by atoms with Crippen LogP contribution in [0.1, 0.15) is 93.1 Å². The first-order valence-electron chi connectivity index (χ1n) is 13.2. The second-order valence-electron chi connectivity index (χ2n) is 12.8. The quantitative estimate of drug-likeness (QED) is 0.548. The Morgan fingerprint density at radius 2 is 1.69 bits per heavy atom. The summed E-state index contributed by atoms with van der Waals surface area (Å²) in [6.45, 7) is 15.6. The minimum atomic E-state index is -0.801. The van der Waals surface area contributed by atoms with Gasteiger partial charge in [0.25, 0.3) is 0 Å². The van der Waals surface area contributed by atoms with Gasteiger partial charge < -0.3 is 14.8 Å². The molecule has 0 radical (unpaired) electrons. The minimum Gasteiger partial charge on any atom is -0.444 e. The third-order valence-corrected chi connectivity index (χ3v) is 6.94. The maximum Gasteiger partial charge on any atom is 0.412 e. The van der Waals surface area contributed by atoms with Gasteiger partial charge in [0.05, 0.1) is 12.1 Å². The molecule has 35 heavy (non-hydrogen) atoms. The van der Waals surface area contributed by atoms with Crippen LogP contribution < -0.4 is 5.32 Å². The van der Waals surface area contributed by atoms with E-state index >= 15 is 0 Å². The third-order valence-electron chi connectivity index (χ3n) is 6.94. The highest BCUT2D eigenvalue weighted by atomic mass is 16.6. The molecule has 0 aromatic heterocycles. The van der Waals surface area contributed by atoms with Crippen LogP contribution in [0, 0.1) is 11.8 Å². The van der Waals surface area contributed by atoms with E-state index in [1.54, 1.807) is 4.90 Å². The SMILES string of the molecule is CC(C)(C)NC(=O)[C@@H]1CCCC[C@H]1C[C@H]1OC(C)(C)N(C(=O)OC(C)(C)C)[C@H]1Cc1ccccc1. The smallest absolute Gasteiger partial charge is 0.412 e.